The van der Waals surface area contributed by atoms with Crippen LogP contribution >= 0.6 is 0 Å². The van der Waals surface area contributed by atoms with Crippen molar-refractivity contribution in [1.29, 1.82) is 0 Å². The van der Waals surface area contributed by atoms with Crippen LogP contribution in [-0.2, 0) is 18.2 Å². The van der Waals surface area contributed by atoms with E-state index >= 15 is 4.39 Å². The number of nitrogens with one attached hydrogen (secondary N) is 2. The number of hydrogen-bond acceptors (Lipinski definition) is 6. The molecule has 2 aromatic carbocycles. The summed E-state index contributed by atoms with van der Waals surface area (Å²) in [6.07, 6.45) is 2.10. The molecule has 1 aliphatic carbocycles. The molecule has 0 spiro atoms. The van der Waals surface area contributed by atoms with Crippen molar-refractivity contribution in [1.82, 2.24) is 13.7 Å². The quantitative estimate of drug-likeness (QED) is 0.377. The van der Waals surface area contributed by atoms with Gasteiger partial charge < -0.3 is 15.4 Å². The van der Waals surface area contributed by atoms with Crippen molar-refractivity contribution in [3.63, 3.8) is 0 Å². The van der Waals surface area contributed by atoms with Crippen molar-refractivity contribution < 1.29 is 9.13 Å². The summed E-state index contributed by atoms with van der Waals surface area (Å²) in [4.78, 5) is 41.3. The third kappa shape index (κ3) is 4.24. The number of aryl methyl sites for hydroxylation is 2. The Balaban J connectivity index is 1.64. The molecule has 0 unspecified atom stereocenters. The summed E-state index contributed by atoms with van der Waals surface area (Å²) < 4.78 is 24.3. The van der Waals surface area contributed by atoms with Gasteiger partial charge in [-0.15, -0.1) is 0 Å². The third-order valence-electron chi connectivity index (χ3n) is 7.56. The standard InChI is InChI=1S/C29H30FN5O4/c1-4-17-8-11-23(22(30)12-17)32-26-24-25(16(2)27(36)33(26)3)34(29(38)35(28(24)37)20-9-10-20)21-7-5-6-18(13-21)31-19-14-39-15-19/h5-8,11-13,19-20,31-32H,4,9-10,14-15H2,1-3H3. The van der Waals surface area contributed by atoms with Crippen molar-refractivity contribution >= 4 is 28.1 Å². The van der Waals surface area contributed by atoms with E-state index in [1.807, 2.05) is 25.1 Å². The summed E-state index contributed by atoms with van der Waals surface area (Å²) in [5, 5.41) is 6.56. The summed E-state index contributed by atoms with van der Waals surface area (Å²) >= 11 is 0. The molecule has 2 aromatic heterocycles. The van der Waals surface area contributed by atoms with Crippen LogP contribution in [0.3, 0.4) is 0 Å². The van der Waals surface area contributed by atoms with Crippen LogP contribution in [0.5, 0.6) is 0 Å². The lowest BCUT2D eigenvalue weighted by molar-refractivity contribution is 0.0211. The Kier molecular flexibility index (Phi) is 6.14. The molecule has 3 heterocycles. The van der Waals surface area contributed by atoms with E-state index in [1.165, 1.54) is 26.8 Å². The average Bonchev–Trinajstić information content (AvgIpc) is 3.73. The molecule has 2 aliphatic rings. The van der Waals surface area contributed by atoms with Crippen molar-refractivity contribution in [2.75, 3.05) is 23.8 Å². The Hall–Kier alpha value is -4.18. The summed E-state index contributed by atoms with van der Waals surface area (Å²) in [7, 11) is 1.54. The maximum absolute atomic E-state index is 15.0. The number of rotatable bonds is 7. The van der Waals surface area contributed by atoms with E-state index in [9.17, 15) is 14.4 Å². The Bertz CT molecular complexity index is 1800. The largest absolute Gasteiger partial charge is 0.378 e. The number of ether oxygens (including phenoxy) is 1. The van der Waals surface area contributed by atoms with Gasteiger partial charge in [-0.2, -0.15) is 0 Å². The van der Waals surface area contributed by atoms with Gasteiger partial charge in [-0.3, -0.25) is 23.3 Å². The van der Waals surface area contributed by atoms with Crippen LogP contribution in [0.4, 0.5) is 21.6 Å². The first-order valence-corrected chi connectivity index (χ1v) is 13.2. The second-order valence-corrected chi connectivity index (χ2v) is 10.3. The van der Waals surface area contributed by atoms with Crippen LogP contribution in [0.2, 0.25) is 0 Å². The smallest absolute Gasteiger partial charge is 0.336 e. The Morgan fingerprint density at radius 3 is 2.46 bits per heavy atom. The fraction of sp³-hybridized carbons (Fsp3) is 0.345. The highest BCUT2D eigenvalue weighted by molar-refractivity contribution is 5.93. The minimum Gasteiger partial charge on any atom is -0.378 e. The van der Waals surface area contributed by atoms with Gasteiger partial charge >= 0.3 is 5.69 Å². The molecule has 0 atom stereocenters. The highest BCUT2D eigenvalue weighted by Gasteiger charge is 2.31. The Labute approximate surface area is 223 Å². The highest BCUT2D eigenvalue weighted by atomic mass is 19.1. The molecule has 1 aliphatic heterocycles. The van der Waals surface area contributed by atoms with Crippen molar-refractivity contribution in [3.05, 3.63) is 90.6 Å². The van der Waals surface area contributed by atoms with Gasteiger partial charge in [0.25, 0.3) is 11.1 Å². The van der Waals surface area contributed by atoms with E-state index in [4.69, 9.17) is 4.74 Å². The Morgan fingerprint density at radius 1 is 1.05 bits per heavy atom. The number of aromatic nitrogens is 3. The summed E-state index contributed by atoms with van der Waals surface area (Å²) in [5.41, 5.74) is 1.34. The van der Waals surface area contributed by atoms with Gasteiger partial charge in [-0.05, 0) is 62.1 Å². The molecule has 9 nitrogen and oxygen atoms in total. The van der Waals surface area contributed by atoms with Gasteiger partial charge in [0.2, 0.25) is 0 Å². The molecule has 2 N–H and O–H groups in total. The van der Waals surface area contributed by atoms with Gasteiger partial charge in [0.1, 0.15) is 17.0 Å². The zero-order valence-electron chi connectivity index (χ0n) is 22.1. The van der Waals surface area contributed by atoms with E-state index < -0.39 is 22.6 Å². The molecule has 10 heteroatoms. The zero-order chi connectivity index (χ0) is 27.4. The summed E-state index contributed by atoms with van der Waals surface area (Å²) in [6.45, 7) is 4.73. The number of benzene rings is 2. The monoisotopic (exact) mass is 531 g/mol. The van der Waals surface area contributed by atoms with E-state index in [1.54, 1.807) is 25.1 Å². The fourth-order valence-electron chi connectivity index (χ4n) is 5.15. The van der Waals surface area contributed by atoms with Gasteiger partial charge in [0.05, 0.1) is 36.1 Å². The van der Waals surface area contributed by atoms with Crippen molar-refractivity contribution in [2.45, 2.75) is 45.2 Å². The topological polar surface area (TPSA) is 99.3 Å². The van der Waals surface area contributed by atoms with Crippen molar-refractivity contribution in [3.8, 4) is 5.69 Å². The lowest BCUT2D eigenvalue weighted by Crippen LogP contribution is -2.41. The van der Waals surface area contributed by atoms with Gasteiger partial charge in [0, 0.05) is 24.3 Å². The number of nitrogens with zero attached hydrogens (tertiary/aromatic N) is 3. The molecule has 0 radical (unpaired) electrons. The number of fused-ring (bicyclic) bond motifs is 1. The number of hydrogen-bond donors (Lipinski definition) is 2. The summed E-state index contributed by atoms with van der Waals surface area (Å²) in [5.74, 6) is -0.358. The highest BCUT2D eigenvalue weighted by Crippen LogP contribution is 2.34. The maximum Gasteiger partial charge on any atom is 0.336 e. The number of anilines is 3. The first-order chi connectivity index (χ1) is 18.8. The minimum atomic E-state index is -0.500. The van der Waals surface area contributed by atoms with Gasteiger partial charge in [0.15, 0.2) is 0 Å². The maximum atomic E-state index is 15.0. The van der Waals surface area contributed by atoms with E-state index in [0.29, 0.717) is 38.2 Å². The fourth-order valence-corrected chi connectivity index (χ4v) is 5.15. The van der Waals surface area contributed by atoms with E-state index in [-0.39, 0.29) is 40.1 Å². The molecular formula is C29H30FN5O4. The van der Waals surface area contributed by atoms with Crippen LogP contribution in [0.1, 0.15) is 36.9 Å². The van der Waals surface area contributed by atoms with Crippen LogP contribution in [0, 0.1) is 12.7 Å². The van der Waals surface area contributed by atoms with Crippen LogP contribution < -0.4 is 27.4 Å². The van der Waals surface area contributed by atoms with Crippen LogP contribution in [0.25, 0.3) is 16.6 Å². The Morgan fingerprint density at radius 2 is 1.82 bits per heavy atom. The average molecular weight is 532 g/mol. The second-order valence-electron chi connectivity index (χ2n) is 10.3. The molecule has 39 heavy (non-hydrogen) atoms. The molecule has 4 aromatic rings. The molecule has 0 bridgehead atoms. The van der Waals surface area contributed by atoms with Gasteiger partial charge in [-0.1, -0.05) is 19.1 Å². The molecule has 1 saturated carbocycles. The minimum absolute atomic E-state index is 0.136. The van der Waals surface area contributed by atoms with Crippen molar-refractivity contribution in [2.24, 2.45) is 7.05 Å². The SMILES string of the molecule is CCc1ccc(Nc2c3c(=O)n(C4CC4)c(=O)n(-c4cccc(NC5COC5)c4)c3c(C)c(=O)n2C)c(F)c1. The predicted octanol–water partition coefficient (Wildman–Crippen LogP) is 3.75. The normalized spacial score (nSPS) is 15.4. The van der Waals surface area contributed by atoms with E-state index in [2.05, 4.69) is 10.6 Å². The third-order valence-corrected chi connectivity index (χ3v) is 7.56. The number of halogens is 1. The van der Waals surface area contributed by atoms with E-state index in [0.717, 1.165) is 11.3 Å². The zero-order valence-corrected chi connectivity index (χ0v) is 22.1. The van der Waals surface area contributed by atoms with Crippen LogP contribution in [-0.4, -0.2) is 33.0 Å². The lowest BCUT2D eigenvalue weighted by atomic mass is 10.1. The van der Waals surface area contributed by atoms with Gasteiger partial charge in [-0.25, -0.2) is 9.18 Å². The molecule has 202 valence electrons. The second kappa shape index (κ2) is 9.53. The number of pyridine rings is 1. The first-order valence-electron chi connectivity index (χ1n) is 13.2. The lowest BCUT2D eigenvalue weighted by Gasteiger charge is -2.28. The predicted molar refractivity (Wildman–Crippen MR) is 149 cm³/mol. The molecule has 1 saturated heterocycles. The first kappa shape index (κ1) is 25.1. The van der Waals surface area contributed by atoms with Crippen LogP contribution in [0.15, 0.2) is 56.8 Å². The summed E-state index contributed by atoms with van der Waals surface area (Å²) in [6, 6.07) is 12.1. The molecule has 0 amide bonds. The molecular weight excluding hydrogens is 501 g/mol. The molecule has 6 rings (SSSR count). The molecule has 2 fully saturated rings.